The zero-order valence-electron chi connectivity index (χ0n) is 8.13. The van der Waals surface area contributed by atoms with Crippen LogP contribution in [0.1, 0.15) is 50.9 Å². The summed E-state index contributed by atoms with van der Waals surface area (Å²) in [6.07, 6.45) is 5.92. The number of hydrogen-bond donors (Lipinski definition) is 0. The van der Waals surface area contributed by atoms with Gasteiger partial charge in [0.15, 0.2) is 0 Å². The van der Waals surface area contributed by atoms with Gasteiger partial charge in [-0.3, -0.25) is 0 Å². The van der Waals surface area contributed by atoms with Crippen LogP contribution in [-0.4, -0.2) is 9.55 Å². The molecule has 3 heteroatoms. The number of aromatic nitrogens is 2. The maximum absolute atomic E-state index is 4.48. The minimum Gasteiger partial charge on any atom is -0.320 e. The van der Waals surface area contributed by atoms with Crippen molar-refractivity contribution in [2.45, 2.75) is 45.1 Å². The predicted molar refractivity (Wildman–Crippen MR) is 56.9 cm³/mol. The first-order chi connectivity index (χ1) is 6.20. The predicted octanol–water partition coefficient (Wildman–Crippen LogP) is 3.49. The molecule has 0 N–H and O–H groups in total. The molecule has 1 aliphatic rings. The van der Waals surface area contributed by atoms with Crippen LogP contribution in [0.15, 0.2) is 10.8 Å². The van der Waals surface area contributed by atoms with Crippen LogP contribution in [-0.2, 0) is 0 Å². The average Bonchev–Trinajstić information content (AvgIpc) is 2.28. The van der Waals surface area contributed by atoms with Crippen LogP contribution in [0.3, 0.4) is 0 Å². The van der Waals surface area contributed by atoms with E-state index >= 15 is 0 Å². The summed E-state index contributed by atoms with van der Waals surface area (Å²) in [5.74, 6) is 1.99. The average molecular weight is 243 g/mol. The van der Waals surface area contributed by atoms with Gasteiger partial charge >= 0.3 is 0 Å². The Morgan fingerprint density at radius 2 is 2.23 bits per heavy atom. The molecule has 0 aromatic carbocycles. The molecular weight excluding hydrogens is 228 g/mol. The molecule has 1 heterocycles. The SMILES string of the molecule is CC(C)n1c(Br)cnc1C1CCC1. The van der Waals surface area contributed by atoms with Crippen molar-refractivity contribution in [2.75, 3.05) is 0 Å². The molecule has 0 amide bonds. The van der Waals surface area contributed by atoms with E-state index in [1.807, 2.05) is 6.20 Å². The molecule has 0 radical (unpaired) electrons. The molecule has 0 spiro atoms. The molecule has 2 rings (SSSR count). The van der Waals surface area contributed by atoms with Crippen molar-refractivity contribution in [1.82, 2.24) is 9.55 Å². The van der Waals surface area contributed by atoms with Crippen LogP contribution < -0.4 is 0 Å². The second-order valence-electron chi connectivity index (χ2n) is 4.03. The lowest BCUT2D eigenvalue weighted by Gasteiger charge is -2.27. The lowest BCUT2D eigenvalue weighted by atomic mass is 9.84. The van der Waals surface area contributed by atoms with Crippen LogP contribution in [0.4, 0.5) is 0 Å². The fourth-order valence-corrected chi connectivity index (χ4v) is 2.53. The number of imidazole rings is 1. The summed E-state index contributed by atoms with van der Waals surface area (Å²) in [6.45, 7) is 4.41. The van der Waals surface area contributed by atoms with Crippen molar-refractivity contribution in [1.29, 1.82) is 0 Å². The van der Waals surface area contributed by atoms with E-state index in [1.165, 1.54) is 25.1 Å². The third-order valence-corrected chi connectivity index (χ3v) is 3.35. The van der Waals surface area contributed by atoms with Gasteiger partial charge in [-0.25, -0.2) is 4.98 Å². The highest BCUT2D eigenvalue weighted by Gasteiger charge is 2.25. The molecule has 0 atom stereocenters. The van der Waals surface area contributed by atoms with Crippen LogP contribution in [0.2, 0.25) is 0 Å². The monoisotopic (exact) mass is 242 g/mol. The Labute approximate surface area is 87.5 Å². The Balaban J connectivity index is 2.33. The molecular formula is C10H15BrN2. The highest BCUT2D eigenvalue weighted by atomic mass is 79.9. The van der Waals surface area contributed by atoms with Gasteiger partial charge in [0.25, 0.3) is 0 Å². The number of rotatable bonds is 2. The normalized spacial score (nSPS) is 17.8. The van der Waals surface area contributed by atoms with Crippen molar-refractivity contribution >= 4 is 15.9 Å². The van der Waals surface area contributed by atoms with E-state index in [0.29, 0.717) is 12.0 Å². The summed E-state index contributed by atoms with van der Waals surface area (Å²) in [5, 5.41) is 0. The minimum absolute atomic E-state index is 0.507. The molecule has 72 valence electrons. The summed E-state index contributed by atoms with van der Waals surface area (Å²) in [5.41, 5.74) is 0. The summed E-state index contributed by atoms with van der Waals surface area (Å²) in [7, 11) is 0. The second-order valence-corrected chi connectivity index (χ2v) is 4.84. The highest BCUT2D eigenvalue weighted by molar-refractivity contribution is 9.10. The Morgan fingerprint density at radius 3 is 2.69 bits per heavy atom. The van der Waals surface area contributed by atoms with Crippen LogP contribution in [0.25, 0.3) is 0 Å². The van der Waals surface area contributed by atoms with Crippen LogP contribution in [0, 0.1) is 0 Å². The fourth-order valence-electron chi connectivity index (χ4n) is 1.83. The zero-order valence-corrected chi connectivity index (χ0v) is 9.71. The molecule has 1 aliphatic carbocycles. The summed E-state index contributed by atoms with van der Waals surface area (Å²) in [6, 6.07) is 0.507. The van der Waals surface area contributed by atoms with Gasteiger partial charge in [0, 0.05) is 12.0 Å². The van der Waals surface area contributed by atoms with E-state index in [9.17, 15) is 0 Å². The maximum Gasteiger partial charge on any atom is 0.112 e. The van der Waals surface area contributed by atoms with Gasteiger partial charge < -0.3 is 4.57 Å². The van der Waals surface area contributed by atoms with Crippen LogP contribution >= 0.6 is 15.9 Å². The molecule has 1 aromatic rings. The van der Waals surface area contributed by atoms with Crippen molar-refractivity contribution < 1.29 is 0 Å². The van der Waals surface area contributed by atoms with Gasteiger partial charge in [0.1, 0.15) is 10.4 Å². The van der Waals surface area contributed by atoms with Gasteiger partial charge in [0.05, 0.1) is 6.20 Å². The highest BCUT2D eigenvalue weighted by Crippen LogP contribution is 2.37. The van der Waals surface area contributed by atoms with E-state index in [4.69, 9.17) is 0 Å². The van der Waals surface area contributed by atoms with E-state index < -0.39 is 0 Å². The lowest BCUT2D eigenvalue weighted by Crippen LogP contribution is -2.16. The van der Waals surface area contributed by atoms with Crippen molar-refractivity contribution in [3.8, 4) is 0 Å². The standard InChI is InChI=1S/C10H15BrN2/c1-7(2)13-9(11)6-12-10(13)8-4-3-5-8/h6-8H,3-5H2,1-2H3. The van der Waals surface area contributed by atoms with E-state index in [1.54, 1.807) is 0 Å². The zero-order chi connectivity index (χ0) is 9.42. The van der Waals surface area contributed by atoms with E-state index in [0.717, 1.165) is 4.60 Å². The summed E-state index contributed by atoms with van der Waals surface area (Å²) >= 11 is 3.54. The number of hydrogen-bond acceptors (Lipinski definition) is 1. The van der Waals surface area contributed by atoms with Crippen molar-refractivity contribution in [2.24, 2.45) is 0 Å². The van der Waals surface area contributed by atoms with Gasteiger partial charge in [-0.15, -0.1) is 0 Å². The molecule has 1 aromatic heterocycles. The first kappa shape index (κ1) is 9.25. The first-order valence-electron chi connectivity index (χ1n) is 4.92. The van der Waals surface area contributed by atoms with Crippen molar-refractivity contribution in [3.63, 3.8) is 0 Å². The van der Waals surface area contributed by atoms with Gasteiger partial charge in [-0.05, 0) is 42.6 Å². The second kappa shape index (κ2) is 3.45. The largest absolute Gasteiger partial charge is 0.320 e. The van der Waals surface area contributed by atoms with Gasteiger partial charge in [-0.2, -0.15) is 0 Å². The molecule has 1 fully saturated rings. The quantitative estimate of drug-likeness (QED) is 0.777. The van der Waals surface area contributed by atoms with Gasteiger partial charge in [0.2, 0.25) is 0 Å². The summed E-state index contributed by atoms with van der Waals surface area (Å²) < 4.78 is 3.41. The Morgan fingerprint density at radius 1 is 1.54 bits per heavy atom. The molecule has 2 nitrogen and oxygen atoms in total. The third kappa shape index (κ3) is 1.54. The molecule has 0 bridgehead atoms. The molecule has 0 unspecified atom stereocenters. The van der Waals surface area contributed by atoms with E-state index in [2.05, 4.69) is 39.3 Å². The lowest BCUT2D eigenvalue weighted by molar-refractivity contribution is 0.377. The molecule has 0 aliphatic heterocycles. The topological polar surface area (TPSA) is 17.8 Å². The smallest absolute Gasteiger partial charge is 0.112 e. The molecule has 1 saturated carbocycles. The fraction of sp³-hybridized carbons (Fsp3) is 0.700. The van der Waals surface area contributed by atoms with Crippen molar-refractivity contribution in [3.05, 3.63) is 16.6 Å². The Bertz CT molecular complexity index is 300. The minimum atomic E-state index is 0.507. The van der Waals surface area contributed by atoms with Crippen LogP contribution in [0.5, 0.6) is 0 Å². The number of halogens is 1. The number of nitrogens with zero attached hydrogens (tertiary/aromatic N) is 2. The molecule has 0 saturated heterocycles. The first-order valence-corrected chi connectivity index (χ1v) is 5.72. The Kier molecular flexibility index (Phi) is 2.45. The molecule has 13 heavy (non-hydrogen) atoms. The summed E-state index contributed by atoms with van der Waals surface area (Å²) in [4.78, 5) is 4.48. The third-order valence-electron chi connectivity index (χ3n) is 2.77. The van der Waals surface area contributed by atoms with E-state index in [-0.39, 0.29) is 0 Å². The maximum atomic E-state index is 4.48. The Hall–Kier alpha value is -0.310. The van der Waals surface area contributed by atoms with Gasteiger partial charge in [-0.1, -0.05) is 6.42 Å².